The van der Waals surface area contributed by atoms with Crippen LogP contribution in [0.15, 0.2) is 24.4 Å². The number of aliphatic carboxylic acids is 1. The first kappa shape index (κ1) is 9.39. The number of rotatable bonds is 2. The highest BCUT2D eigenvalue weighted by Gasteiger charge is 2.15. The van der Waals surface area contributed by atoms with E-state index in [1.807, 2.05) is 0 Å². The molecule has 1 aromatic carbocycles. The van der Waals surface area contributed by atoms with Crippen LogP contribution in [0.3, 0.4) is 0 Å². The van der Waals surface area contributed by atoms with Crippen LogP contribution in [0.4, 0.5) is 0 Å². The lowest BCUT2D eigenvalue weighted by Crippen LogP contribution is -2.12. The molecule has 0 saturated carbocycles. The Hall–Kier alpha value is -2.17. The van der Waals surface area contributed by atoms with Gasteiger partial charge < -0.3 is 5.11 Å². The summed E-state index contributed by atoms with van der Waals surface area (Å²) in [6.45, 7) is 0. The van der Waals surface area contributed by atoms with Crippen molar-refractivity contribution in [3.05, 3.63) is 30.0 Å². The van der Waals surface area contributed by atoms with Crippen LogP contribution >= 0.6 is 0 Å². The monoisotopic (exact) mass is 204 g/mol. The van der Waals surface area contributed by atoms with Gasteiger partial charge in [-0.3, -0.25) is 9.48 Å². The Balaban J connectivity index is 2.57. The van der Waals surface area contributed by atoms with Crippen molar-refractivity contribution in [3.63, 3.8) is 0 Å². The molecule has 15 heavy (non-hydrogen) atoms. The number of benzene rings is 1. The summed E-state index contributed by atoms with van der Waals surface area (Å²) < 4.78 is 1.66. The molecule has 0 aliphatic carbocycles. The van der Waals surface area contributed by atoms with Crippen molar-refractivity contribution >= 4 is 22.7 Å². The van der Waals surface area contributed by atoms with E-state index in [-0.39, 0.29) is 5.56 Å². The number of carboxylic acids is 1. The molecule has 1 N–H and O–H groups in total. The van der Waals surface area contributed by atoms with Crippen LogP contribution in [-0.4, -0.2) is 26.6 Å². The number of carbonyl (C=O) groups is 2. The molecule has 0 saturated heterocycles. The molecule has 0 atom stereocenters. The molecule has 1 aromatic heterocycles. The Kier molecular flexibility index (Phi) is 2.00. The summed E-state index contributed by atoms with van der Waals surface area (Å²) in [4.78, 5) is 21.6. The second kappa shape index (κ2) is 3.20. The fourth-order valence-corrected chi connectivity index (χ4v) is 1.43. The number of nitrogens with zero attached hydrogens (tertiary/aromatic N) is 2. The summed E-state index contributed by atoms with van der Waals surface area (Å²) in [6.07, 6.45) is 1.59. The first-order valence-corrected chi connectivity index (χ1v) is 4.29. The first-order chi connectivity index (χ1) is 7.09. The van der Waals surface area contributed by atoms with E-state index in [1.165, 1.54) is 12.1 Å². The van der Waals surface area contributed by atoms with Crippen molar-refractivity contribution in [1.29, 1.82) is 0 Å². The average Bonchev–Trinajstić information content (AvgIpc) is 2.59. The smallest absolute Gasteiger partial charge is 0.377 e. The fourth-order valence-electron chi connectivity index (χ4n) is 1.43. The van der Waals surface area contributed by atoms with Crippen LogP contribution in [0.5, 0.6) is 0 Å². The van der Waals surface area contributed by atoms with Crippen molar-refractivity contribution in [1.82, 2.24) is 9.78 Å². The highest BCUT2D eigenvalue weighted by Crippen LogP contribution is 2.15. The maximum absolute atomic E-state index is 11.2. The van der Waals surface area contributed by atoms with Gasteiger partial charge in [0.25, 0.3) is 5.78 Å². The molecule has 0 amide bonds. The quantitative estimate of drug-likeness (QED) is 0.581. The van der Waals surface area contributed by atoms with E-state index in [4.69, 9.17) is 5.11 Å². The molecule has 0 fully saturated rings. The van der Waals surface area contributed by atoms with Crippen molar-refractivity contribution in [2.75, 3.05) is 0 Å². The van der Waals surface area contributed by atoms with Gasteiger partial charge in [0.15, 0.2) is 0 Å². The number of aromatic nitrogens is 2. The number of fused-ring (bicyclic) bond motifs is 1. The minimum atomic E-state index is -1.45. The zero-order valence-corrected chi connectivity index (χ0v) is 7.97. The third-order valence-corrected chi connectivity index (χ3v) is 2.20. The predicted octanol–water partition coefficient (Wildman–Crippen LogP) is 0.841. The van der Waals surface area contributed by atoms with Crippen molar-refractivity contribution < 1.29 is 14.7 Å². The Bertz CT molecular complexity index is 557. The molecule has 1 heterocycles. The number of carbonyl (C=O) groups excluding carboxylic acids is 1. The molecule has 0 spiro atoms. The lowest BCUT2D eigenvalue weighted by molar-refractivity contribution is -0.131. The fraction of sp³-hybridized carbons (Fsp3) is 0.100. The van der Waals surface area contributed by atoms with Gasteiger partial charge in [0.2, 0.25) is 0 Å². The second-order valence-electron chi connectivity index (χ2n) is 3.18. The predicted molar refractivity (Wildman–Crippen MR) is 52.7 cm³/mol. The number of hydrogen-bond donors (Lipinski definition) is 1. The largest absolute Gasteiger partial charge is 0.475 e. The van der Waals surface area contributed by atoms with Gasteiger partial charge >= 0.3 is 5.97 Å². The van der Waals surface area contributed by atoms with Crippen LogP contribution in [-0.2, 0) is 11.8 Å². The first-order valence-electron chi connectivity index (χ1n) is 4.29. The summed E-state index contributed by atoms with van der Waals surface area (Å²) >= 11 is 0. The zero-order valence-electron chi connectivity index (χ0n) is 7.97. The lowest BCUT2D eigenvalue weighted by atomic mass is 10.1. The molecule has 0 bridgehead atoms. The summed E-state index contributed by atoms with van der Waals surface area (Å²) in [5, 5.41) is 13.3. The molecule has 5 heteroatoms. The number of aryl methyl sites for hydroxylation is 1. The molecule has 5 nitrogen and oxygen atoms in total. The second-order valence-corrected chi connectivity index (χ2v) is 3.18. The van der Waals surface area contributed by atoms with Crippen LogP contribution in [0.2, 0.25) is 0 Å². The van der Waals surface area contributed by atoms with E-state index in [0.717, 1.165) is 10.9 Å². The third kappa shape index (κ3) is 1.48. The maximum Gasteiger partial charge on any atom is 0.377 e. The SMILES string of the molecule is Cn1ncc2cc(C(=O)C(=O)O)ccc21. The van der Waals surface area contributed by atoms with E-state index in [9.17, 15) is 9.59 Å². The van der Waals surface area contributed by atoms with Gasteiger partial charge in [0.1, 0.15) is 0 Å². The number of Topliss-reactive ketones (excluding diaryl/α,β-unsaturated/α-hetero) is 1. The van der Waals surface area contributed by atoms with Gasteiger partial charge in [-0.25, -0.2) is 4.79 Å². The maximum atomic E-state index is 11.2. The highest BCUT2D eigenvalue weighted by molar-refractivity contribution is 6.40. The van der Waals surface area contributed by atoms with Gasteiger partial charge in [-0.2, -0.15) is 5.10 Å². The minimum absolute atomic E-state index is 0.169. The highest BCUT2D eigenvalue weighted by atomic mass is 16.4. The Morgan fingerprint density at radius 3 is 2.80 bits per heavy atom. The topological polar surface area (TPSA) is 72.2 Å². The Labute approximate surface area is 84.9 Å². The molecular formula is C10H8N2O3. The van der Waals surface area contributed by atoms with Crippen molar-refractivity contribution in [2.45, 2.75) is 0 Å². The van der Waals surface area contributed by atoms with Gasteiger partial charge in [0.05, 0.1) is 11.7 Å². The standard InChI is InChI=1S/C10H8N2O3/c1-12-8-3-2-6(9(13)10(14)15)4-7(8)5-11-12/h2-5H,1H3,(H,14,15). The molecular weight excluding hydrogens is 196 g/mol. The lowest BCUT2D eigenvalue weighted by Gasteiger charge is -1.97. The van der Waals surface area contributed by atoms with Gasteiger partial charge in [-0.05, 0) is 18.2 Å². The number of ketones is 1. The third-order valence-electron chi connectivity index (χ3n) is 2.20. The molecule has 2 rings (SSSR count). The summed E-state index contributed by atoms with van der Waals surface area (Å²) in [5.74, 6) is -2.35. The number of hydrogen-bond acceptors (Lipinski definition) is 3. The molecule has 0 aliphatic heterocycles. The van der Waals surface area contributed by atoms with Gasteiger partial charge in [-0.1, -0.05) is 0 Å². The van der Waals surface area contributed by atoms with Crippen LogP contribution in [0, 0.1) is 0 Å². The van der Waals surface area contributed by atoms with E-state index >= 15 is 0 Å². The van der Waals surface area contributed by atoms with E-state index in [1.54, 1.807) is 24.0 Å². The molecule has 0 radical (unpaired) electrons. The number of carboxylic acid groups (broad SMARTS) is 1. The van der Waals surface area contributed by atoms with E-state index in [2.05, 4.69) is 5.10 Å². The molecule has 2 aromatic rings. The van der Waals surface area contributed by atoms with E-state index < -0.39 is 11.8 Å². The minimum Gasteiger partial charge on any atom is -0.475 e. The van der Waals surface area contributed by atoms with E-state index in [0.29, 0.717) is 0 Å². The molecule has 0 aliphatic rings. The normalized spacial score (nSPS) is 10.5. The summed E-state index contributed by atoms with van der Waals surface area (Å²) in [6, 6.07) is 4.69. The molecule has 76 valence electrons. The summed E-state index contributed by atoms with van der Waals surface area (Å²) in [5.41, 5.74) is 1.03. The Morgan fingerprint density at radius 1 is 1.40 bits per heavy atom. The molecule has 0 unspecified atom stereocenters. The van der Waals surface area contributed by atoms with Crippen LogP contribution in [0.1, 0.15) is 10.4 Å². The van der Waals surface area contributed by atoms with Crippen molar-refractivity contribution in [2.24, 2.45) is 7.05 Å². The average molecular weight is 204 g/mol. The van der Waals surface area contributed by atoms with Gasteiger partial charge in [0, 0.05) is 18.0 Å². The van der Waals surface area contributed by atoms with Gasteiger partial charge in [-0.15, -0.1) is 0 Å². The zero-order chi connectivity index (χ0) is 11.0. The van der Waals surface area contributed by atoms with Crippen LogP contribution < -0.4 is 0 Å². The van der Waals surface area contributed by atoms with Crippen LogP contribution in [0.25, 0.3) is 10.9 Å². The Morgan fingerprint density at radius 2 is 2.13 bits per heavy atom. The summed E-state index contributed by atoms with van der Waals surface area (Å²) in [7, 11) is 1.78. The van der Waals surface area contributed by atoms with Crippen molar-refractivity contribution in [3.8, 4) is 0 Å².